The van der Waals surface area contributed by atoms with Crippen molar-refractivity contribution in [3.63, 3.8) is 0 Å². The Hall–Kier alpha value is -5.06. The molecule has 92 heavy (non-hydrogen) atoms. The van der Waals surface area contributed by atoms with Gasteiger partial charge in [0.1, 0.15) is 42.0 Å². The molecule has 9 heteroatoms. The van der Waals surface area contributed by atoms with Crippen molar-refractivity contribution >= 4 is 0 Å². The fourth-order valence-corrected chi connectivity index (χ4v) is 12.4. The van der Waals surface area contributed by atoms with Gasteiger partial charge in [-0.2, -0.15) is 0 Å². The maximum Gasteiger partial charge on any atom is 0.126 e. The largest absolute Gasteiger partial charge is 0.493 e. The molecule has 0 radical (unpaired) electrons. The second-order valence-electron chi connectivity index (χ2n) is 33.1. The van der Waals surface area contributed by atoms with Crippen LogP contribution < -0.4 is 23.7 Å². The Morgan fingerprint density at radius 2 is 0.467 bits per heavy atom. The fraction of sp³-hybridized carbons (Fsp3) is 0.639. The van der Waals surface area contributed by atoms with E-state index in [2.05, 4.69) is 206 Å². The average molecular weight is 1270 g/mol. The van der Waals surface area contributed by atoms with Crippen molar-refractivity contribution in [1.82, 2.24) is 0 Å². The number of fused-ring (bicyclic) bond motifs is 4. The number of hydrogen-bond acceptors (Lipinski definition) is 9. The van der Waals surface area contributed by atoms with E-state index in [0.717, 1.165) is 112 Å². The monoisotopic (exact) mass is 1260 g/mol. The molecule has 510 valence electrons. The van der Waals surface area contributed by atoms with Crippen LogP contribution in [0.2, 0.25) is 0 Å². The van der Waals surface area contributed by atoms with Gasteiger partial charge in [0.25, 0.3) is 0 Å². The molecule has 0 amide bonds. The van der Waals surface area contributed by atoms with Crippen LogP contribution in [0.25, 0.3) is 0 Å². The molecular weight excluding hydrogens is 1140 g/mol. The lowest BCUT2D eigenvalue weighted by Crippen LogP contribution is -2.18. The van der Waals surface area contributed by atoms with Gasteiger partial charge in [-0.15, -0.1) is 0 Å². The summed E-state index contributed by atoms with van der Waals surface area (Å²) in [5.74, 6) is 6.28. The van der Waals surface area contributed by atoms with E-state index >= 15 is 0 Å². The van der Waals surface area contributed by atoms with E-state index < -0.39 is 0 Å². The Labute approximate surface area is 559 Å². The van der Waals surface area contributed by atoms with Gasteiger partial charge < -0.3 is 42.6 Å². The van der Waals surface area contributed by atoms with Gasteiger partial charge in [-0.25, -0.2) is 0 Å². The highest BCUT2D eigenvalue weighted by Gasteiger charge is 2.31. The van der Waals surface area contributed by atoms with Gasteiger partial charge in [-0.05, 0) is 167 Å². The van der Waals surface area contributed by atoms with E-state index in [1.807, 2.05) is 0 Å². The van der Waals surface area contributed by atoms with Crippen LogP contribution in [0.3, 0.4) is 0 Å². The van der Waals surface area contributed by atoms with Crippen LogP contribution in [0, 0.1) is 17.8 Å². The summed E-state index contributed by atoms with van der Waals surface area (Å²) in [6.45, 7) is 55.0. The molecular formula is C83H124O9. The van der Waals surface area contributed by atoms with Crippen molar-refractivity contribution in [1.29, 1.82) is 0 Å². The van der Waals surface area contributed by atoms with Crippen LogP contribution in [0.4, 0.5) is 0 Å². The maximum atomic E-state index is 7.43. The molecule has 1 aliphatic heterocycles. The first kappa shape index (κ1) is 74.3. The number of hydrogen-bond donors (Lipinski definition) is 0. The van der Waals surface area contributed by atoms with Crippen LogP contribution >= 0.6 is 0 Å². The smallest absolute Gasteiger partial charge is 0.126 e. The Balaban J connectivity index is 1.70. The van der Waals surface area contributed by atoms with Crippen molar-refractivity contribution in [3.05, 3.63) is 144 Å². The lowest BCUT2D eigenvalue weighted by molar-refractivity contribution is -0.00706. The van der Waals surface area contributed by atoms with Gasteiger partial charge in [0.15, 0.2) is 0 Å². The minimum absolute atomic E-state index is 0.190. The molecule has 0 N–H and O–H groups in total. The third-order valence-electron chi connectivity index (χ3n) is 18.0. The summed E-state index contributed by atoms with van der Waals surface area (Å²) in [6.07, 6.45) is 9.04. The van der Waals surface area contributed by atoms with E-state index in [-0.39, 0.29) is 27.1 Å². The van der Waals surface area contributed by atoms with Crippen molar-refractivity contribution < 1.29 is 42.6 Å². The van der Waals surface area contributed by atoms with Crippen molar-refractivity contribution in [2.75, 3.05) is 85.9 Å². The van der Waals surface area contributed by atoms with Gasteiger partial charge in [0.2, 0.25) is 0 Å². The molecule has 0 fully saturated rings. The van der Waals surface area contributed by atoms with E-state index in [9.17, 15) is 0 Å². The molecule has 0 saturated carbocycles. The Morgan fingerprint density at radius 3 is 0.663 bits per heavy atom. The lowest BCUT2D eigenvalue weighted by atomic mass is 9.79. The van der Waals surface area contributed by atoms with Gasteiger partial charge in [-0.1, -0.05) is 206 Å². The van der Waals surface area contributed by atoms with Crippen LogP contribution in [-0.2, 0) is 78.1 Å². The van der Waals surface area contributed by atoms with Crippen LogP contribution in [-0.4, -0.2) is 85.9 Å². The predicted octanol–water partition coefficient (Wildman–Crippen LogP) is 19.7. The average Bonchev–Trinajstić information content (AvgIpc) is 0.774. The van der Waals surface area contributed by atoms with Crippen LogP contribution in [0.1, 0.15) is 267 Å². The highest BCUT2D eigenvalue weighted by atomic mass is 16.6. The van der Waals surface area contributed by atoms with Crippen LogP contribution in [0.15, 0.2) is 60.7 Å². The lowest BCUT2D eigenvalue weighted by Gasteiger charge is -2.29. The molecule has 0 saturated heterocycles. The zero-order valence-corrected chi connectivity index (χ0v) is 61.7. The molecule has 12 bridgehead atoms. The number of benzene rings is 5. The summed E-state index contributed by atoms with van der Waals surface area (Å²) in [5.41, 5.74) is 16.7. The van der Waals surface area contributed by atoms with Gasteiger partial charge in [0, 0.05) is 32.1 Å². The SMILES string of the molecule is CC(C)CCCOc1c2cc(C(C)(C)C)cc1Cc1cc(C(C)(C)C)cc3c1OCCOCCOCCOCCOCCOc1c(cc(C(C)(C)C)cc1Cc1cc(C(C)(C)C)cc(c1OCCCC(C)C)C3)Cc1cc(C(C)(C)C)cc(c1OCCCC(C)C)C2. The van der Waals surface area contributed by atoms with E-state index in [0.29, 0.717) is 136 Å². The van der Waals surface area contributed by atoms with Gasteiger partial charge in [-0.3, -0.25) is 0 Å². The van der Waals surface area contributed by atoms with Gasteiger partial charge in [0.05, 0.1) is 72.7 Å². The molecule has 5 aromatic rings. The normalized spacial score (nSPS) is 15.7. The molecule has 1 heterocycles. The Morgan fingerprint density at radius 1 is 0.283 bits per heavy atom. The quantitative estimate of drug-likeness (QED) is 0.0934. The highest BCUT2D eigenvalue weighted by Crippen LogP contribution is 2.46. The minimum atomic E-state index is -0.203. The van der Waals surface area contributed by atoms with E-state index in [4.69, 9.17) is 42.6 Å². The topological polar surface area (TPSA) is 83.1 Å². The molecule has 0 atom stereocenters. The first-order valence-corrected chi connectivity index (χ1v) is 35.5. The Kier molecular flexibility index (Phi) is 26.7. The molecule has 5 aromatic carbocycles. The minimum Gasteiger partial charge on any atom is -0.493 e. The molecule has 2 aliphatic rings. The first-order chi connectivity index (χ1) is 43.3. The molecule has 0 spiro atoms. The van der Waals surface area contributed by atoms with Crippen LogP contribution in [0.5, 0.6) is 28.7 Å². The first-order valence-electron chi connectivity index (χ1n) is 35.5. The summed E-state index contributed by atoms with van der Waals surface area (Å²) in [4.78, 5) is 0. The number of ether oxygens (including phenoxy) is 9. The van der Waals surface area contributed by atoms with Crippen molar-refractivity contribution in [2.45, 2.75) is 243 Å². The second-order valence-corrected chi connectivity index (χ2v) is 33.1. The third kappa shape index (κ3) is 22.0. The summed E-state index contributed by atoms with van der Waals surface area (Å²) < 4.78 is 61.6. The summed E-state index contributed by atoms with van der Waals surface area (Å²) in [5, 5.41) is 0. The molecule has 9 nitrogen and oxygen atoms in total. The standard InChI is InChI=1S/C83H124O9/c1-56(2)25-22-28-88-74-59-41-60-47-70(80(10,11)12)49-62(75(60)89-29-23-26-57(3)4)43-66-53-73(83(19,20)21)55-68-45-64-51-71(81(13,14)15)50-63(76(64)90-30-24-27-58(5)6)44-67-54-72(82(16,17)18)52-65(42-61(74)48-69(46-59)79(7,8)9)77(67)91-39-37-86-35-33-84-31-32-85-34-36-87-38-40-92-78(66)68/h46-58H,22-45H2,1-21H3. The van der Waals surface area contributed by atoms with E-state index in [1.54, 1.807) is 0 Å². The predicted molar refractivity (Wildman–Crippen MR) is 383 cm³/mol. The fourth-order valence-electron chi connectivity index (χ4n) is 12.4. The molecule has 0 unspecified atom stereocenters. The Bertz CT molecular complexity index is 2950. The molecule has 0 aromatic heterocycles. The summed E-state index contributed by atoms with van der Waals surface area (Å²) >= 11 is 0. The third-order valence-corrected chi connectivity index (χ3v) is 18.0. The maximum absolute atomic E-state index is 7.43. The van der Waals surface area contributed by atoms with Crippen molar-refractivity contribution in [3.8, 4) is 28.7 Å². The molecule has 7 rings (SSSR count). The summed E-state index contributed by atoms with van der Waals surface area (Å²) in [6, 6.07) is 24.4. The zero-order valence-electron chi connectivity index (χ0n) is 61.7. The van der Waals surface area contributed by atoms with E-state index in [1.165, 1.54) is 38.9 Å². The zero-order chi connectivity index (χ0) is 67.2. The van der Waals surface area contributed by atoms with Crippen molar-refractivity contribution in [2.24, 2.45) is 17.8 Å². The highest BCUT2D eigenvalue weighted by molar-refractivity contribution is 5.61. The number of rotatable bonds is 15. The second kappa shape index (κ2) is 33.1. The summed E-state index contributed by atoms with van der Waals surface area (Å²) in [7, 11) is 0. The molecule has 1 aliphatic carbocycles. The van der Waals surface area contributed by atoms with Gasteiger partial charge >= 0.3 is 0 Å².